The monoisotopic (exact) mass is 185 g/mol. The van der Waals surface area contributed by atoms with Gasteiger partial charge in [-0.25, -0.2) is 10.4 Å². The molecule has 0 radical (unpaired) electrons. The Balaban J connectivity index is 1.96. The lowest BCUT2D eigenvalue weighted by Crippen LogP contribution is -2.61. The normalized spacial score (nSPS) is 32.2. The number of hydrogen-bond donors (Lipinski definition) is 3. The number of carbonyl (C=O) groups excluding carboxylic acids is 1. The van der Waals surface area contributed by atoms with Gasteiger partial charge in [0.05, 0.1) is 6.04 Å². The summed E-state index contributed by atoms with van der Waals surface area (Å²) in [6, 6.07) is -0.0406. The van der Waals surface area contributed by atoms with Crippen LogP contribution in [-0.2, 0) is 4.79 Å². The maximum atomic E-state index is 10.8. The van der Waals surface area contributed by atoms with Gasteiger partial charge in [0.15, 0.2) is 0 Å². The summed E-state index contributed by atoms with van der Waals surface area (Å²) >= 11 is 0. The molecule has 0 aromatic carbocycles. The minimum absolute atomic E-state index is 0.0406. The van der Waals surface area contributed by atoms with Gasteiger partial charge in [-0.3, -0.25) is 0 Å². The molecule has 2 fully saturated rings. The van der Waals surface area contributed by atoms with E-state index in [9.17, 15) is 4.79 Å². The van der Waals surface area contributed by atoms with E-state index in [4.69, 9.17) is 0 Å². The van der Waals surface area contributed by atoms with Crippen LogP contribution < -0.4 is 16.3 Å². The molecule has 13 heavy (non-hydrogen) atoms. The van der Waals surface area contributed by atoms with E-state index >= 15 is 0 Å². The van der Waals surface area contributed by atoms with Gasteiger partial charge in [-0.2, -0.15) is 10.7 Å². The van der Waals surface area contributed by atoms with Crippen LogP contribution >= 0.6 is 0 Å². The predicted molar refractivity (Wildman–Crippen MR) is 47.3 cm³/mol. The van der Waals surface area contributed by atoms with Gasteiger partial charge < -0.3 is 10.1 Å². The second-order valence-corrected chi connectivity index (χ2v) is 3.23. The molecule has 0 aliphatic carbocycles. The standard InChI is InChI=1S/C7H15N5O/c13-6-7-5-8-1-3-11(7)12-4-2-9-10-12/h6-10H,1-5H2. The molecule has 2 saturated heterocycles. The molecule has 0 amide bonds. The summed E-state index contributed by atoms with van der Waals surface area (Å²) in [6.45, 7) is 4.36. The predicted octanol–water partition coefficient (Wildman–Crippen LogP) is -2.30. The van der Waals surface area contributed by atoms with Crippen LogP contribution in [0.2, 0.25) is 0 Å². The van der Waals surface area contributed by atoms with Crippen LogP contribution in [0.3, 0.4) is 0 Å². The zero-order chi connectivity index (χ0) is 9.10. The first-order chi connectivity index (χ1) is 6.42. The molecule has 2 rings (SSSR count). The molecule has 0 spiro atoms. The van der Waals surface area contributed by atoms with Crippen molar-refractivity contribution >= 4 is 6.29 Å². The topological polar surface area (TPSA) is 59.6 Å². The summed E-state index contributed by atoms with van der Waals surface area (Å²) in [6.07, 6.45) is 0.992. The van der Waals surface area contributed by atoms with Crippen molar-refractivity contribution in [3.63, 3.8) is 0 Å². The Labute approximate surface area is 77.2 Å². The number of rotatable bonds is 2. The molecule has 6 heteroatoms. The Bertz CT molecular complexity index is 182. The zero-order valence-electron chi connectivity index (χ0n) is 7.49. The second-order valence-electron chi connectivity index (χ2n) is 3.23. The SMILES string of the molecule is O=CC1CNCCN1N1CCNN1. The van der Waals surface area contributed by atoms with Gasteiger partial charge in [0.25, 0.3) is 0 Å². The van der Waals surface area contributed by atoms with E-state index in [1.807, 2.05) is 5.12 Å². The van der Waals surface area contributed by atoms with Crippen molar-refractivity contribution in [1.29, 1.82) is 0 Å². The van der Waals surface area contributed by atoms with Crippen LogP contribution in [0.5, 0.6) is 0 Å². The molecule has 2 heterocycles. The summed E-state index contributed by atoms with van der Waals surface area (Å²) in [5.41, 5.74) is 6.03. The second kappa shape index (κ2) is 4.12. The maximum Gasteiger partial charge on any atom is 0.139 e. The number of hydrogen-bond acceptors (Lipinski definition) is 6. The highest BCUT2D eigenvalue weighted by molar-refractivity contribution is 5.58. The fourth-order valence-electron chi connectivity index (χ4n) is 1.69. The van der Waals surface area contributed by atoms with Crippen molar-refractivity contribution in [2.45, 2.75) is 6.04 Å². The third-order valence-electron chi connectivity index (χ3n) is 2.38. The molecule has 0 aromatic rings. The first kappa shape index (κ1) is 9.04. The molecule has 2 aliphatic rings. The molecule has 6 nitrogen and oxygen atoms in total. The molecule has 0 aromatic heterocycles. The number of nitrogens with zero attached hydrogens (tertiary/aromatic N) is 2. The third-order valence-corrected chi connectivity index (χ3v) is 2.38. The van der Waals surface area contributed by atoms with Crippen LogP contribution in [0.25, 0.3) is 0 Å². The van der Waals surface area contributed by atoms with Gasteiger partial charge in [0.2, 0.25) is 0 Å². The van der Waals surface area contributed by atoms with Crippen molar-refractivity contribution < 1.29 is 4.79 Å². The van der Waals surface area contributed by atoms with Crippen LogP contribution in [-0.4, -0.2) is 55.2 Å². The third kappa shape index (κ3) is 1.87. The van der Waals surface area contributed by atoms with E-state index in [-0.39, 0.29) is 6.04 Å². The van der Waals surface area contributed by atoms with E-state index in [1.165, 1.54) is 0 Å². The van der Waals surface area contributed by atoms with Crippen molar-refractivity contribution in [3.8, 4) is 0 Å². The van der Waals surface area contributed by atoms with Crippen molar-refractivity contribution in [1.82, 2.24) is 26.4 Å². The molecular weight excluding hydrogens is 170 g/mol. The van der Waals surface area contributed by atoms with Gasteiger partial charge in [-0.15, -0.1) is 0 Å². The Kier molecular flexibility index (Phi) is 2.87. The molecule has 74 valence electrons. The number of nitrogens with one attached hydrogen (secondary N) is 3. The highest BCUT2D eigenvalue weighted by atomic mass is 16.1. The van der Waals surface area contributed by atoms with Crippen LogP contribution in [0.15, 0.2) is 0 Å². The summed E-state index contributed by atoms with van der Waals surface area (Å²) in [7, 11) is 0. The summed E-state index contributed by atoms with van der Waals surface area (Å²) in [5, 5.41) is 7.22. The van der Waals surface area contributed by atoms with Crippen molar-refractivity contribution in [2.24, 2.45) is 0 Å². The Morgan fingerprint density at radius 3 is 2.92 bits per heavy atom. The fourth-order valence-corrected chi connectivity index (χ4v) is 1.69. The Hall–Kier alpha value is -0.530. The molecule has 1 unspecified atom stereocenters. The summed E-state index contributed by atoms with van der Waals surface area (Å²) in [5.74, 6) is 0. The smallest absolute Gasteiger partial charge is 0.139 e. The number of piperazine rings is 1. The Morgan fingerprint density at radius 2 is 2.23 bits per heavy atom. The van der Waals surface area contributed by atoms with E-state index in [0.29, 0.717) is 0 Å². The quantitative estimate of drug-likeness (QED) is 0.421. The number of aldehydes is 1. The molecular formula is C7H15N5O. The highest BCUT2D eigenvalue weighted by Crippen LogP contribution is 2.04. The van der Waals surface area contributed by atoms with Gasteiger partial charge in [-0.05, 0) is 0 Å². The first-order valence-corrected chi connectivity index (χ1v) is 4.60. The van der Waals surface area contributed by atoms with Crippen molar-refractivity contribution in [3.05, 3.63) is 0 Å². The van der Waals surface area contributed by atoms with Gasteiger partial charge in [0.1, 0.15) is 6.29 Å². The van der Waals surface area contributed by atoms with Gasteiger partial charge in [-0.1, -0.05) is 0 Å². The molecule has 3 N–H and O–H groups in total. The van der Waals surface area contributed by atoms with Crippen LogP contribution in [0.1, 0.15) is 0 Å². The van der Waals surface area contributed by atoms with Crippen LogP contribution in [0.4, 0.5) is 0 Å². The zero-order valence-corrected chi connectivity index (χ0v) is 7.49. The first-order valence-electron chi connectivity index (χ1n) is 4.60. The Morgan fingerprint density at radius 1 is 1.31 bits per heavy atom. The van der Waals surface area contributed by atoms with Crippen molar-refractivity contribution in [2.75, 3.05) is 32.7 Å². The largest absolute Gasteiger partial charge is 0.313 e. The van der Waals surface area contributed by atoms with E-state index in [1.54, 1.807) is 0 Å². The van der Waals surface area contributed by atoms with Gasteiger partial charge in [0, 0.05) is 32.7 Å². The minimum Gasteiger partial charge on any atom is -0.313 e. The average molecular weight is 185 g/mol. The number of hydrazine groups is 3. The maximum absolute atomic E-state index is 10.8. The van der Waals surface area contributed by atoms with E-state index < -0.39 is 0 Å². The lowest BCUT2D eigenvalue weighted by Gasteiger charge is -2.38. The summed E-state index contributed by atoms with van der Waals surface area (Å²) < 4.78 is 0. The van der Waals surface area contributed by atoms with Gasteiger partial charge >= 0.3 is 0 Å². The minimum atomic E-state index is -0.0406. The lowest BCUT2D eigenvalue weighted by molar-refractivity contribution is -0.130. The van der Waals surface area contributed by atoms with E-state index in [2.05, 4.69) is 21.3 Å². The molecule has 0 saturated carbocycles. The summed E-state index contributed by atoms with van der Waals surface area (Å²) in [4.78, 5) is 10.8. The highest BCUT2D eigenvalue weighted by Gasteiger charge is 2.28. The average Bonchev–Trinajstić information content (AvgIpc) is 2.70. The molecule has 0 bridgehead atoms. The van der Waals surface area contributed by atoms with Crippen LogP contribution in [0, 0.1) is 0 Å². The lowest BCUT2D eigenvalue weighted by atomic mass is 10.2. The van der Waals surface area contributed by atoms with E-state index in [0.717, 1.165) is 39.0 Å². The molecule has 2 aliphatic heterocycles. The molecule has 1 atom stereocenters. The fraction of sp³-hybridized carbons (Fsp3) is 0.857. The number of carbonyl (C=O) groups is 1.